The normalized spacial score (nSPS) is 11.4. The fourth-order valence-electron chi connectivity index (χ4n) is 3.49. The number of aryl methyl sites for hydroxylation is 2. The van der Waals surface area contributed by atoms with Gasteiger partial charge in [-0.1, -0.05) is 61.6 Å². The Kier molecular flexibility index (Phi) is 7.07. The van der Waals surface area contributed by atoms with Crippen LogP contribution in [-0.4, -0.2) is 28.9 Å². The number of imidazole rings is 1. The van der Waals surface area contributed by atoms with Gasteiger partial charge < -0.3 is 4.57 Å². The molecule has 4 aromatic rings. The van der Waals surface area contributed by atoms with Crippen molar-refractivity contribution in [3.63, 3.8) is 0 Å². The van der Waals surface area contributed by atoms with Crippen molar-refractivity contribution < 1.29 is 0 Å². The molecule has 32 heavy (non-hydrogen) atoms. The number of rotatable bonds is 9. The van der Waals surface area contributed by atoms with Gasteiger partial charge in [0.1, 0.15) is 5.82 Å². The van der Waals surface area contributed by atoms with Gasteiger partial charge in [0.05, 0.1) is 11.4 Å². The predicted molar refractivity (Wildman–Crippen MR) is 132 cm³/mol. The maximum Gasteiger partial charge on any atom is 0.330 e. The first-order valence-electron chi connectivity index (χ1n) is 10.5. The van der Waals surface area contributed by atoms with Crippen LogP contribution in [-0.2, 0) is 18.8 Å². The Labute approximate surface area is 197 Å². The van der Waals surface area contributed by atoms with Crippen LogP contribution >= 0.6 is 35.3 Å². The number of nitrogens with one attached hydrogen (secondary N) is 1. The first-order chi connectivity index (χ1) is 15.5. The van der Waals surface area contributed by atoms with Crippen LogP contribution in [0.15, 0.2) is 44.3 Å². The molecule has 11 heteroatoms. The number of aromatic amines is 1. The third-order valence-electron chi connectivity index (χ3n) is 5.00. The van der Waals surface area contributed by atoms with Crippen molar-refractivity contribution in [1.82, 2.24) is 28.9 Å². The van der Waals surface area contributed by atoms with Gasteiger partial charge in [-0.25, -0.2) is 14.5 Å². The molecule has 0 unspecified atom stereocenters. The van der Waals surface area contributed by atoms with Gasteiger partial charge in [-0.3, -0.25) is 14.3 Å². The molecule has 1 N–H and O–H groups in total. The number of nitrogens with zero attached hydrogens (tertiary/aromatic N) is 5. The number of hydrogen-bond donors (Lipinski definition) is 1. The van der Waals surface area contributed by atoms with E-state index in [0.29, 0.717) is 34.0 Å². The molecule has 4 rings (SSSR count). The molecule has 1 aromatic carbocycles. The highest BCUT2D eigenvalue weighted by molar-refractivity contribution is 8.00. The molecule has 3 aromatic heterocycles. The van der Waals surface area contributed by atoms with Gasteiger partial charge in [0.25, 0.3) is 5.56 Å². The summed E-state index contributed by atoms with van der Waals surface area (Å²) in [7, 11) is 0. The fraction of sp³-hybridized carbons (Fsp3) is 0.381. The molecule has 0 saturated carbocycles. The maximum atomic E-state index is 12.6. The minimum Gasteiger partial charge on any atom is -0.321 e. The summed E-state index contributed by atoms with van der Waals surface area (Å²) in [6.45, 7) is 5.29. The number of para-hydroxylation sites is 1. The first-order valence-corrected chi connectivity index (χ1v) is 12.7. The van der Waals surface area contributed by atoms with E-state index < -0.39 is 5.69 Å². The van der Waals surface area contributed by atoms with E-state index in [0.717, 1.165) is 35.1 Å². The van der Waals surface area contributed by atoms with E-state index in [4.69, 9.17) is 17.2 Å². The van der Waals surface area contributed by atoms with E-state index >= 15 is 0 Å². The van der Waals surface area contributed by atoms with Crippen molar-refractivity contribution >= 4 is 46.5 Å². The molecular formula is C21H24N6O2S3. The van der Waals surface area contributed by atoms with Crippen LogP contribution < -0.4 is 11.2 Å². The minimum atomic E-state index is -0.407. The number of thioether (sulfide) groups is 1. The smallest absolute Gasteiger partial charge is 0.321 e. The van der Waals surface area contributed by atoms with E-state index in [1.807, 2.05) is 34.9 Å². The first kappa shape index (κ1) is 22.7. The molecule has 0 bridgehead atoms. The quantitative estimate of drug-likeness (QED) is 0.278. The molecule has 0 fully saturated rings. The average molecular weight is 489 g/mol. The van der Waals surface area contributed by atoms with Crippen molar-refractivity contribution in [3.8, 4) is 5.69 Å². The molecule has 0 aliphatic carbocycles. The number of fused-ring (bicyclic) bond motifs is 1. The largest absolute Gasteiger partial charge is 0.330 e. The van der Waals surface area contributed by atoms with Gasteiger partial charge in [0.15, 0.2) is 19.5 Å². The van der Waals surface area contributed by atoms with Crippen LogP contribution in [0.1, 0.15) is 38.9 Å². The number of unbranched alkanes of at least 4 members (excludes halogenated alkanes) is 1. The lowest BCUT2D eigenvalue weighted by atomic mass is 10.3. The summed E-state index contributed by atoms with van der Waals surface area (Å²) in [5.41, 5.74) is 1.04. The summed E-state index contributed by atoms with van der Waals surface area (Å²) < 4.78 is 6.76. The topological polar surface area (TPSA) is 90.5 Å². The monoisotopic (exact) mass is 488 g/mol. The third-order valence-corrected chi connectivity index (χ3v) is 7.36. The lowest BCUT2D eigenvalue weighted by Gasteiger charge is -2.07. The molecule has 0 amide bonds. The predicted octanol–water partition coefficient (Wildman–Crippen LogP) is 4.37. The average Bonchev–Trinajstić information content (AvgIpc) is 3.33. The summed E-state index contributed by atoms with van der Waals surface area (Å²) >= 11 is 8.47. The molecule has 0 aliphatic rings. The van der Waals surface area contributed by atoms with Gasteiger partial charge in [0.2, 0.25) is 0 Å². The van der Waals surface area contributed by atoms with Crippen LogP contribution in [0.4, 0.5) is 0 Å². The molecule has 0 saturated heterocycles. The van der Waals surface area contributed by atoms with E-state index in [9.17, 15) is 9.59 Å². The maximum absolute atomic E-state index is 12.6. The van der Waals surface area contributed by atoms with Gasteiger partial charge >= 0.3 is 5.69 Å². The Bertz CT molecular complexity index is 1400. The third kappa shape index (κ3) is 4.50. The summed E-state index contributed by atoms with van der Waals surface area (Å²) in [6, 6.07) is 9.78. The zero-order valence-electron chi connectivity index (χ0n) is 17.9. The number of benzene rings is 1. The summed E-state index contributed by atoms with van der Waals surface area (Å²) in [5.74, 6) is 1.27. The Morgan fingerprint density at radius 3 is 2.59 bits per heavy atom. The summed E-state index contributed by atoms with van der Waals surface area (Å²) in [5, 5.41) is 4.65. The molecule has 3 heterocycles. The van der Waals surface area contributed by atoms with Gasteiger partial charge in [-0.2, -0.15) is 0 Å². The second-order valence-electron chi connectivity index (χ2n) is 7.29. The summed E-state index contributed by atoms with van der Waals surface area (Å²) in [4.78, 5) is 32.3. The Hall–Kier alpha value is -2.50. The fourth-order valence-corrected chi connectivity index (χ4v) is 5.80. The second kappa shape index (κ2) is 9.97. The molecule has 0 spiro atoms. The molecular weight excluding hydrogens is 464 g/mol. The highest BCUT2D eigenvalue weighted by Gasteiger charge is 2.19. The van der Waals surface area contributed by atoms with Gasteiger partial charge in [-0.15, -0.1) is 5.10 Å². The molecule has 0 aliphatic heterocycles. The van der Waals surface area contributed by atoms with Gasteiger partial charge in [0, 0.05) is 13.1 Å². The summed E-state index contributed by atoms with van der Waals surface area (Å²) in [6.07, 6.45) is 2.63. The van der Waals surface area contributed by atoms with Crippen LogP contribution in [0.25, 0.3) is 16.9 Å². The molecule has 0 atom stereocenters. The minimum absolute atomic E-state index is 0.390. The standard InChI is InChI=1S/C21H24N6O2S3/c1-3-5-12-26-17-16(18(28)23-19(26)29)25(11-4-2)15(22-17)13-31-20-24-27(21(30)32-20)14-9-7-6-8-10-14/h6-10H,3-5,11-13H2,1-2H3,(H,23,28,29). The van der Waals surface area contributed by atoms with E-state index in [-0.39, 0.29) is 5.56 Å². The molecule has 0 radical (unpaired) electrons. The lowest BCUT2D eigenvalue weighted by molar-refractivity contribution is 0.612. The second-order valence-corrected chi connectivity index (χ2v) is 10.1. The Morgan fingerprint density at radius 1 is 1.09 bits per heavy atom. The van der Waals surface area contributed by atoms with Crippen molar-refractivity contribution in [2.45, 2.75) is 56.3 Å². The van der Waals surface area contributed by atoms with Crippen molar-refractivity contribution in [1.29, 1.82) is 0 Å². The van der Waals surface area contributed by atoms with Crippen LogP contribution in [0.2, 0.25) is 0 Å². The van der Waals surface area contributed by atoms with Gasteiger partial charge in [-0.05, 0) is 37.2 Å². The van der Waals surface area contributed by atoms with Crippen molar-refractivity contribution in [3.05, 3.63) is 60.9 Å². The lowest BCUT2D eigenvalue weighted by Crippen LogP contribution is -2.31. The zero-order chi connectivity index (χ0) is 22.7. The van der Waals surface area contributed by atoms with Crippen LogP contribution in [0.3, 0.4) is 0 Å². The number of aromatic nitrogens is 6. The zero-order valence-corrected chi connectivity index (χ0v) is 20.4. The van der Waals surface area contributed by atoms with Crippen LogP contribution in [0, 0.1) is 3.95 Å². The number of H-pyrrole nitrogens is 1. The molecule has 168 valence electrons. The van der Waals surface area contributed by atoms with Crippen LogP contribution in [0.5, 0.6) is 0 Å². The highest BCUT2D eigenvalue weighted by atomic mass is 32.2. The Balaban J connectivity index is 1.70. The van der Waals surface area contributed by atoms with E-state index in [1.54, 1.807) is 9.25 Å². The van der Waals surface area contributed by atoms with E-state index in [1.165, 1.54) is 23.1 Å². The molecule has 8 nitrogen and oxygen atoms in total. The highest BCUT2D eigenvalue weighted by Crippen LogP contribution is 2.28. The van der Waals surface area contributed by atoms with Crippen molar-refractivity contribution in [2.75, 3.05) is 0 Å². The van der Waals surface area contributed by atoms with E-state index in [2.05, 4.69) is 23.9 Å². The van der Waals surface area contributed by atoms with Crippen molar-refractivity contribution in [2.24, 2.45) is 0 Å². The Morgan fingerprint density at radius 2 is 1.88 bits per heavy atom. The SMILES string of the molecule is CCCCn1c(=O)[nH]c(=O)c2c1nc(CSc1nn(-c3ccccc3)c(=S)s1)n2CCC. The number of hydrogen-bond acceptors (Lipinski definition) is 7.